The summed E-state index contributed by atoms with van der Waals surface area (Å²) >= 11 is 0. The van der Waals surface area contributed by atoms with E-state index in [1.54, 1.807) is 12.4 Å². The standard InChI is InChI=1S/C24H27F2N7/c1-31-20-5-8-28-19(4-7-27)21(20)22-23(31)24(30-15-29-22)33-12-10-32(11-13-33)9-6-16-2-3-17(25)18(26)14-16/h2-3,5,8,14-15H,4,6-7,9-13,27H2,1H3. The topological polar surface area (TPSA) is 76.1 Å². The zero-order valence-electron chi connectivity index (χ0n) is 18.6. The summed E-state index contributed by atoms with van der Waals surface area (Å²) in [5, 5.41) is 1.05. The molecule has 0 bridgehead atoms. The molecular weight excluding hydrogens is 424 g/mol. The van der Waals surface area contributed by atoms with Crippen molar-refractivity contribution in [3.63, 3.8) is 0 Å². The van der Waals surface area contributed by atoms with Gasteiger partial charge in [-0.3, -0.25) is 9.88 Å². The number of aromatic nitrogens is 4. The number of nitrogens with zero attached hydrogens (tertiary/aromatic N) is 6. The lowest BCUT2D eigenvalue weighted by Crippen LogP contribution is -2.47. The Hall–Kier alpha value is -3.17. The number of rotatable bonds is 6. The van der Waals surface area contributed by atoms with Gasteiger partial charge < -0.3 is 15.2 Å². The molecule has 1 saturated heterocycles. The van der Waals surface area contributed by atoms with Gasteiger partial charge in [-0.2, -0.15) is 0 Å². The molecule has 0 amide bonds. The highest BCUT2D eigenvalue weighted by Gasteiger charge is 2.23. The molecule has 0 saturated carbocycles. The van der Waals surface area contributed by atoms with Crippen molar-refractivity contribution in [1.82, 2.24) is 24.4 Å². The maximum Gasteiger partial charge on any atom is 0.159 e. The predicted molar refractivity (Wildman–Crippen MR) is 125 cm³/mol. The van der Waals surface area contributed by atoms with Crippen LogP contribution in [0.25, 0.3) is 21.9 Å². The van der Waals surface area contributed by atoms with E-state index in [0.717, 1.165) is 71.7 Å². The predicted octanol–water partition coefficient (Wildman–Crippen LogP) is 2.66. The van der Waals surface area contributed by atoms with Gasteiger partial charge in [-0.15, -0.1) is 0 Å². The number of anilines is 1. The van der Waals surface area contributed by atoms with E-state index < -0.39 is 11.6 Å². The molecular formula is C24H27F2N7. The SMILES string of the molecule is Cn1c2ccnc(CCN)c2c2ncnc(N3CCN(CCc4ccc(F)c(F)c4)CC3)c21. The third-order valence-corrected chi connectivity index (χ3v) is 6.50. The molecule has 0 atom stereocenters. The normalized spacial score (nSPS) is 15.1. The Morgan fingerprint density at radius 2 is 1.79 bits per heavy atom. The molecule has 3 aromatic heterocycles. The molecule has 172 valence electrons. The first-order chi connectivity index (χ1) is 16.1. The minimum atomic E-state index is -0.803. The zero-order chi connectivity index (χ0) is 22.9. The summed E-state index contributed by atoms with van der Waals surface area (Å²) in [6.07, 6.45) is 4.85. The fourth-order valence-corrected chi connectivity index (χ4v) is 4.74. The molecule has 5 rings (SSSR count). The van der Waals surface area contributed by atoms with Gasteiger partial charge in [0.1, 0.15) is 17.4 Å². The second-order valence-corrected chi connectivity index (χ2v) is 8.47. The molecule has 7 nitrogen and oxygen atoms in total. The van der Waals surface area contributed by atoms with E-state index in [2.05, 4.69) is 29.3 Å². The van der Waals surface area contributed by atoms with Crippen molar-refractivity contribution in [2.75, 3.05) is 44.2 Å². The lowest BCUT2D eigenvalue weighted by Gasteiger charge is -2.35. The van der Waals surface area contributed by atoms with Crippen LogP contribution in [-0.2, 0) is 19.9 Å². The van der Waals surface area contributed by atoms with Crippen molar-refractivity contribution >= 4 is 27.8 Å². The van der Waals surface area contributed by atoms with Crippen LogP contribution in [0, 0.1) is 11.6 Å². The second kappa shape index (κ2) is 8.99. The van der Waals surface area contributed by atoms with Crippen LogP contribution in [0.15, 0.2) is 36.8 Å². The number of halogens is 2. The fourth-order valence-electron chi connectivity index (χ4n) is 4.74. The molecule has 1 fully saturated rings. The van der Waals surface area contributed by atoms with Crippen LogP contribution in [0.5, 0.6) is 0 Å². The molecule has 0 spiro atoms. The highest BCUT2D eigenvalue weighted by atomic mass is 19.2. The van der Waals surface area contributed by atoms with E-state index in [0.29, 0.717) is 19.4 Å². The largest absolute Gasteiger partial charge is 0.352 e. The van der Waals surface area contributed by atoms with Crippen LogP contribution in [0.1, 0.15) is 11.3 Å². The van der Waals surface area contributed by atoms with Crippen molar-refractivity contribution in [3.8, 4) is 0 Å². The van der Waals surface area contributed by atoms with E-state index >= 15 is 0 Å². The summed E-state index contributed by atoms with van der Waals surface area (Å²) in [5.74, 6) is -0.662. The Labute approximate surface area is 190 Å². The minimum absolute atomic E-state index is 0.535. The lowest BCUT2D eigenvalue weighted by molar-refractivity contribution is 0.260. The summed E-state index contributed by atoms with van der Waals surface area (Å²) in [5.41, 5.74) is 10.6. The zero-order valence-corrected chi connectivity index (χ0v) is 18.6. The van der Waals surface area contributed by atoms with E-state index in [1.165, 1.54) is 12.1 Å². The number of fused-ring (bicyclic) bond motifs is 3. The van der Waals surface area contributed by atoms with Crippen LogP contribution >= 0.6 is 0 Å². The Morgan fingerprint density at radius 1 is 0.970 bits per heavy atom. The first kappa shape index (κ1) is 21.7. The maximum atomic E-state index is 13.5. The van der Waals surface area contributed by atoms with Crippen molar-refractivity contribution in [3.05, 3.63) is 59.7 Å². The van der Waals surface area contributed by atoms with Crippen LogP contribution in [0.4, 0.5) is 14.6 Å². The van der Waals surface area contributed by atoms with Crippen LogP contribution in [0.3, 0.4) is 0 Å². The van der Waals surface area contributed by atoms with E-state index in [4.69, 9.17) is 5.73 Å². The van der Waals surface area contributed by atoms with Gasteiger partial charge in [0.05, 0.1) is 11.2 Å². The fraction of sp³-hybridized carbons (Fsp3) is 0.375. The number of aryl methyl sites for hydroxylation is 1. The summed E-state index contributed by atoms with van der Waals surface area (Å²) in [7, 11) is 2.04. The van der Waals surface area contributed by atoms with Gasteiger partial charge in [-0.25, -0.2) is 18.7 Å². The first-order valence-electron chi connectivity index (χ1n) is 11.2. The lowest BCUT2D eigenvalue weighted by atomic mass is 10.1. The summed E-state index contributed by atoms with van der Waals surface area (Å²) in [6, 6.07) is 6.15. The maximum absolute atomic E-state index is 13.5. The molecule has 0 aliphatic carbocycles. The minimum Gasteiger partial charge on any atom is -0.352 e. The van der Waals surface area contributed by atoms with Crippen LogP contribution in [-0.4, -0.2) is 63.7 Å². The monoisotopic (exact) mass is 451 g/mol. The summed E-state index contributed by atoms with van der Waals surface area (Å²) in [6.45, 7) is 4.75. The molecule has 0 unspecified atom stereocenters. The molecule has 33 heavy (non-hydrogen) atoms. The van der Waals surface area contributed by atoms with Gasteiger partial charge in [-0.1, -0.05) is 6.07 Å². The molecule has 2 N–H and O–H groups in total. The Bertz CT molecular complexity index is 1300. The number of piperazine rings is 1. The van der Waals surface area contributed by atoms with Gasteiger partial charge in [0.15, 0.2) is 17.5 Å². The number of hydrogen-bond acceptors (Lipinski definition) is 6. The molecule has 4 heterocycles. The van der Waals surface area contributed by atoms with E-state index in [9.17, 15) is 8.78 Å². The molecule has 1 aliphatic heterocycles. The van der Waals surface area contributed by atoms with Gasteiger partial charge in [0, 0.05) is 57.8 Å². The van der Waals surface area contributed by atoms with Gasteiger partial charge >= 0.3 is 0 Å². The molecule has 1 aromatic carbocycles. The number of nitrogens with two attached hydrogens (primary N) is 1. The highest BCUT2D eigenvalue weighted by molar-refractivity contribution is 6.10. The summed E-state index contributed by atoms with van der Waals surface area (Å²) in [4.78, 5) is 18.5. The van der Waals surface area contributed by atoms with E-state index in [-0.39, 0.29) is 0 Å². The quantitative estimate of drug-likeness (QED) is 0.486. The second-order valence-electron chi connectivity index (χ2n) is 8.47. The van der Waals surface area contributed by atoms with Crippen molar-refractivity contribution < 1.29 is 8.78 Å². The van der Waals surface area contributed by atoms with Crippen molar-refractivity contribution in [1.29, 1.82) is 0 Å². The number of benzene rings is 1. The van der Waals surface area contributed by atoms with Crippen molar-refractivity contribution in [2.24, 2.45) is 12.8 Å². The third kappa shape index (κ3) is 4.02. The first-order valence-corrected chi connectivity index (χ1v) is 11.2. The molecule has 1 aliphatic rings. The highest BCUT2D eigenvalue weighted by Crippen LogP contribution is 2.33. The Morgan fingerprint density at radius 3 is 2.55 bits per heavy atom. The van der Waals surface area contributed by atoms with E-state index in [1.807, 2.05) is 19.3 Å². The summed E-state index contributed by atoms with van der Waals surface area (Å²) < 4.78 is 28.8. The van der Waals surface area contributed by atoms with Gasteiger partial charge in [0.2, 0.25) is 0 Å². The average molecular weight is 452 g/mol. The molecule has 9 heteroatoms. The van der Waals surface area contributed by atoms with Crippen LogP contribution in [0.2, 0.25) is 0 Å². The van der Waals surface area contributed by atoms with Crippen molar-refractivity contribution in [2.45, 2.75) is 12.8 Å². The Balaban J connectivity index is 1.35. The Kier molecular flexibility index (Phi) is 5.90. The molecule has 0 radical (unpaired) electrons. The average Bonchev–Trinajstić information content (AvgIpc) is 3.13. The van der Waals surface area contributed by atoms with Crippen LogP contribution < -0.4 is 10.6 Å². The molecule has 4 aromatic rings. The van der Waals surface area contributed by atoms with Gasteiger partial charge in [-0.05, 0) is 36.7 Å². The van der Waals surface area contributed by atoms with Gasteiger partial charge in [0.25, 0.3) is 0 Å². The number of hydrogen-bond donors (Lipinski definition) is 1. The third-order valence-electron chi connectivity index (χ3n) is 6.50. The smallest absolute Gasteiger partial charge is 0.159 e. The number of pyridine rings is 1.